The molecule has 0 amide bonds. The summed E-state index contributed by atoms with van der Waals surface area (Å²) in [6.07, 6.45) is 0. The number of carbonyl (C=O) groups excluding carboxylic acids is 2. The van der Waals surface area contributed by atoms with E-state index in [0.29, 0.717) is 10.0 Å². The van der Waals surface area contributed by atoms with E-state index in [0.717, 1.165) is 22.3 Å². The molecule has 2 aromatic carbocycles. The molecule has 0 aromatic heterocycles. The third-order valence-electron chi connectivity index (χ3n) is 6.47. The molecule has 2 aromatic rings. The van der Waals surface area contributed by atoms with Gasteiger partial charge < -0.3 is 4.74 Å². The van der Waals surface area contributed by atoms with Gasteiger partial charge in [-0.25, -0.2) is 0 Å². The van der Waals surface area contributed by atoms with E-state index in [9.17, 15) is 9.59 Å². The minimum atomic E-state index is -0.677. The molecule has 0 radical (unpaired) electrons. The first-order chi connectivity index (χ1) is 12.4. The van der Waals surface area contributed by atoms with Crippen LogP contribution in [0.25, 0.3) is 0 Å². The maximum Gasteiger partial charge on any atom is 0.318 e. The molecular weight excluding hydrogens is 371 g/mol. The van der Waals surface area contributed by atoms with Crippen LogP contribution in [0, 0.1) is 17.8 Å². The maximum absolute atomic E-state index is 12.8. The molecule has 2 bridgehead atoms. The second-order valence-corrected chi connectivity index (χ2v) is 8.46. The lowest BCUT2D eigenvalue weighted by molar-refractivity contribution is -0.154. The van der Waals surface area contributed by atoms with E-state index in [4.69, 9.17) is 27.9 Å². The van der Waals surface area contributed by atoms with Crippen molar-refractivity contribution >= 4 is 35.1 Å². The lowest BCUT2D eigenvalue weighted by Crippen LogP contribution is -2.56. The molecule has 2 unspecified atom stereocenters. The fourth-order valence-corrected chi connectivity index (χ4v) is 6.29. The van der Waals surface area contributed by atoms with E-state index in [1.807, 2.05) is 36.4 Å². The number of rotatable bonds is 1. The molecule has 4 aliphatic rings. The van der Waals surface area contributed by atoms with Crippen molar-refractivity contribution in [2.75, 3.05) is 0 Å². The number of esters is 2. The molecule has 1 heterocycles. The Morgan fingerprint density at radius 3 is 1.96 bits per heavy atom. The van der Waals surface area contributed by atoms with Crippen LogP contribution in [0.4, 0.5) is 0 Å². The number of hydrogen-bond acceptors (Lipinski definition) is 3. The molecular formula is C21H16Cl2O3. The molecule has 6 rings (SSSR count). The van der Waals surface area contributed by atoms with E-state index >= 15 is 0 Å². The number of halogens is 2. The van der Waals surface area contributed by atoms with E-state index in [1.54, 1.807) is 0 Å². The van der Waals surface area contributed by atoms with E-state index in [2.05, 4.69) is 13.8 Å². The highest BCUT2D eigenvalue weighted by Gasteiger charge is 2.69. The predicted octanol–water partition coefficient (Wildman–Crippen LogP) is 4.71. The summed E-state index contributed by atoms with van der Waals surface area (Å²) in [4.78, 5) is 25.5. The minimum Gasteiger partial charge on any atom is -0.393 e. The summed E-state index contributed by atoms with van der Waals surface area (Å²) in [5.41, 5.74) is 3.19. The Balaban J connectivity index is 2.01. The summed E-state index contributed by atoms with van der Waals surface area (Å²) in [5, 5.41) is 1.21. The Labute approximate surface area is 161 Å². The summed E-state index contributed by atoms with van der Waals surface area (Å²) < 4.78 is 5.14. The van der Waals surface area contributed by atoms with Gasteiger partial charge in [-0.05, 0) is 40.3 Å². The van der Waals surface area contributed by atoms with Crippen LogP contribution in [0.5, 0.6) is 0 Å². The van der Waals surface area contributed by atoms with Gasteiger partial charge in [0.2, 0.25) is 0 Å². The first-order valence-electron chi connectivity index (χ1n) is 8.74. The monoisotopic (exact) mass is 386 g/mol. The lowest BCUT2D eigenvalue weighted by atomic mass is 9.44. The zero-order chi connectivity index (χ0) is 18.4. The Hall–Kier alpha value is -1.84. The molecule has 1 fully saturated rings. The van der Waals surface area contributed by atoms with Gasteiger partial charge >= 0.3 is 11.9 Å². The first-order valence-corrected chi connectivity index (χ1v) is 9.49. The molecule has 0 spiro atoms. The molecule has 0 N–H and O–H groups in total. The third kappa shape index (κ3) is 1.62. The van der Waals surface area contributed by atoms with Crippen molar-refractivity contribution in [3.8, 4) is 0 Å². The summed E-state index contributed by atoms with van der Waals surface area (Å²) in [5.74, 6) is -2.33. The van der Waals surface area contributed by atoms with E-state index < -0.39 is 29.2 Å². The molecule has 26 heavy (non-hydrogen) atoms. The van der Waals surface area contributed by atoms with Gasteiger partial charge in [-0.1, -0.05) is 61.3 Å². The highest BCUT2D eigenvalue weighted by Crippen LogP contribution is 2.67. The maximum atomic E-state index is 12.8. The second-order valence-electron chi connectivity index (χ2n) is 7.65. The zero-order valence-electron chi connectivity index (χ0n) is 14.3. The standard InChI is InChI=1S/C21H16Cl2O3/c1-9(2)21-10-5-3-7-12(22)14(10)16(15-11(21)6-4-8-13(15)23)17-18(21)20(25)26-19(17)24/h3-9,16-18H,1-2H3. The van der Waals surface area contributed by atoms with Crippen LogP contribution in [0.2, 0.25) is 10.0 Å². The van der Waals surface area contributed by atoms with Gasteiger partial charge in [0.25, 0.3) is 0 Å². The van der Waals surface area contributed by atoms with Crippen molar-refractivity contribution in [1.82, 2.24) is 0 Å². The van der Waals surface area contributed by atoms with Crippen molar-refractivity contribution in [2.24, 2.45) is 17.8 Å². The quantitative estimate of drug-likeness (QED) is 0.526. The number of cyclic esters (lactones) is 2. The van der Waals surface area contributed by atoms with Crippen LogP contribution < -0.4 is 0 Å². The highest BCUT2D eigenvalue weighted by atomic mass is 35.5. The molecule has 0 saturated carbocycles. The van der Waals surface area contributed by atoms with Crippen LogP contribution in [-0.2, 0) is 19.7 Å². The Bertz CT molecular complexity index is 941. The van der Waals surface area contributed by atoms with Gasteiger partial charge in [-0.15, -0.1) is 0 Å². The highest BCUT2D eigenvalue weighted by molar-refractivity contribution is 6.33. The normalized spacial score (nSPS) is 30.9. The van der Waals surface area contributed by atoms with E-state index in [1.165, 1.54) is 0 Å². The van der Waals surface area contributed by atoms with Crippen molar-refractivity contribution in [1.29, 1.82) is 0 Å². The summed E-state index contributed by atoms with van der Waals surface area (Å²) in [6, 6.07) is 11.6. The first kappa shape index (κ1) is 16.3. The SMILES string of the molecule is CC(C)C12c3cccc(Cl)c3C(c3c(Cl)cccc31)C1C(=O)OC(=O)C12. The van der Waals surface area contributed by atoms with Gasteiger partial charge in [0.1, 0.15) is 0 Å². The Morgan fingerprint density at radius 1 is 0.923 bits per heavy atom. The largest absolute Gasteiger partial charge is 0.393 e. The fourth-order valence-electron chi connectivity index (χ4n) is 5.70. The van der Waals surface area contributed by atoms with Crippen LogP contribution in [0.15, 0.2) is 36.4 Å². The summed E-state index contributed by atoms with van der Waals surface area (Å²) >= 11 is 13.2. The van der Waals surface area contributed by atoms with Crippen LogP contribution in [-0.4, -0.2) is 11.9 Å². The smallest absolute Gasteiger partial charge is 0.318 e. The molecule has 2 atom stereocenters. The molecule has 5 heteroatoms. The Morgan fingerprint density at radius 2 is 1.46 bits per heavy atom. The minimum absolute atomic E-state index is 0.0455. The van der Waals surface area contributed by atoms with Gasteiger partial charge in [0.15, 0.2) is 0 Å². The lowest BCUT2D eigenvalue weighted by Gasteiger charge is -2.56. The number of benzene rings is 2. The van der Waals surface area contributed by atoms with Crippen molar-refractivity contribution in [3.05, 3.63) is 68.7 Å². The van der Waals surface area contributed by atoms with Crippen molar-refractivity contribution < 1.29 is 14.3 Å². The third-order valence-corrected chi connectivity index (χ3v) is 7.13. The molecule has 1 saturated heterocycles. The predicted molar refractivity (Wildman–Crippen MR) is 98.4 cm³/mol. The zero-order valence-corrected chi connectivity index (χ0v) is 15.8. The van der Waals surface area contributed by atoms with Crippen molar-refractivity contribution in [2.45, 2.75) is 25.2 Å². The Kier molecular flexibility index (Phi) is 3.21. The van der Waals surface area contributed by atoms with Crippen molar-refractivity contribution in [3.63, 3.8) is 0 Å². The average Bonchev–Trinajstić information content (AvgIpc) is 2.90. The van der Waals surface area contributed by atoms with Crippen LogP contribution >= 0.6 is 23.2 Å². The molecule has 3 aliphatic carbocycles. The number of carbonyl (C=O) groups is 2. The number of hydrogen-bond donors (Lipinski definition) is 0. The molecule has 132 valence electrons. The number of ether oxygens (including phenoxy) is 1. The summed E-state index contributed by atoms with van der Waals surface area (Å²) in [7, 11) is 0. The summed E-state index contributed by atoms with van der Waals surface area (Å²) in [6.45, 7) is 4.16. The average molecular weight is 387 g/mol. The molecule has 1 aliphatic heterocycles. The van der Waals surface area contributed by atoms with Gasteiger partial charge in [0, 0.05) is 21.4 Å². The van der Waals surface area contributed by atoms with Crippen LogP contribution in [0.3, 0.4) is 0 Å². The topological polar surface area (TPSA) is 43.4 Å². The van der Waals surface area contributed by atoms with Gasteiger partial charge in [0.05, 0.1) is 11.8 Å². The van der Waals surface area contributed by atoms with Gasteiger partial charge in [-0.2, -0.15) is 0 Å². The fraction of sp³-hybridized carbons (Fsp3) is 0.333. The second kappa shape index (κ2) is 5.11. The van der Waals surface area contributed by atoms with Gasteiger partial charge in [-0.3, -0.25) is 9.59 Å². The van der Waals surface area contributed by atoms with Crippen LogP contribution in [0.1, 0.15) is 42.0 Å². The molecule has 3 nitrogen and oxygen atoms in total. The van der Waals surface area contributed by atoms with E-state index in [-0.39, 0.29) is 11.8 Å².